The topological polar surface area (TPSA) is 113 Å². The predicted molar refractivity (Wildman–Crippen MR) is 124 cm³/mol. The zero-order chi connectivity index (χ0) is 24.1. The molecular formula is C23H18Cl2N4O5. The van der Waals surface area contributed by atoms with Crippen molar-refractivity contribution in [2.24, 2.45) is 11.8 Å². The first-order valence-corrected chi connectivity index (χ1v) is 11.6. The number of halogens is 2. The third kappa shape index (κ3) is 2.41. The van der Waals surface area contributed by atoms with Crippen LogP contribution in [0.25, 0.3) is 0 Å². The SMILES string of the molecule is Cc1c(Cl)ccc2c1NC(=O)[C@@]21[C@@H]2C(=O)N(c3ccc([N+](=O)[O-])cc3Cl)C(=O)[C@@H]2[C@H]2CCCN21. The van der Waals surface area contributed by atoms with E-state index in [4.69, 9.17) is 23.2 Å². The molecule has 0 aromatic heterocycles. The molecule has 0 unspecified atom stereocenters. The van der Waals surface area contributed by atoms with E-state index in [0.717, 1.165) is 17.4 Å². The first kappa shape index (κ1) is 21.5. The van der Waals surface area contributed by atoms with Gasteiger partial charge >= 0.3 is 0 Å². The fourth-order valence-electron chi connectivity index (χ4n) is 6.42. The maximum Gasteiger partial charge on any atom is 0.271 e. The zero-order valence-electron chi connectivity index (χ0n) is 17.9. The molecule has 2 aromatic carbocycles. The first-order valence-electron chi connectivity index (χ1n) is 10.9. The van der Waals surface area contributed by atoms with Gasteiger partial charge in [-0.3, -0.25) is 29.4 Å². The van der Waals surface area contributed by atoms with Crippen molar-refractivity contribution in [3.63, 3.8) is 0 Å². The number of rotatable bonds is 2. The molecule has 11 heteroatoms. The van der Waals surface area contributed by atoms with Crippen LogP contribution in [0.3, 0.4) is 0 Å². The molecule has 6 rings (SSSR count). The molecule has 174 valence electrons. The standard InChI is InChI=1S/C23H18Cl2N4O5/c1-10-13(24)6-5-12-19(10)26-22(32)23(12)18-17(16-3-2-8-27(16)23)20(30)28(21(18)31)15-7-4-11(29(33)34)9-14(15)25/h4-7,9,16-18H,2-3,8H2,1H3,(H,26,32)/t16-,17-,18+,23+/m1/s1. The quantitative estimate of drug-likeness (QED) is 0.382. The highest BCUT2D eigenvalue weighted by molar-refractivity contribution is 6.37. The minimum atomic E-state index is -1.33. The van der Waals surface area contributed by atoms with E-state index in [2.05, 4.69) is 5.32 Å². The van der Waals surface area contributed by atoms with E-state index in [1.54, 1.807) is 19.1 Å². The number of nitrogens with zero attached hydrogens (tertiary/aromatic N) is 3. The van der Waals surface area contributed by atoms with Crippen LogP contribution < -0.4 is 10.2 Å². The lowest BCUT2D eigenvalue weighted by atomic mass is 9.75. The number of carbonyl (C=O) groups excluding carboxylic acids is 3. The Kier molecular flexibility index (Phi) is 4.43. The molecule has 4 aliphatic heterocycles. The van der Waals surface area contributed by atoms with Crippen LogP contribution >= 0.6 is 23.2 Å². The number of nitro groups is 1. The van der Waals surface area contributed by atoms with Gasteiger partial charge in [0.1, 0.15) is 5.54 Å². The number of nitro benzene ring substituents is 1. The average molecular weight is 501 g/mol. The van der Waals surface area contributed by atoms with Crippen molar-refractivity contribution in [1.29, 1.82) is 0 Å². The number of fused-ring (bicyclic) bond motifs is 7. The van der Waals surface area contributed by atoms with Gasteiger partial charge in [-0.25, -0.2) is 4.90 Å². The van der Waals surface area contributed by atoms with E-state index in [1.165, 1.54) is 12.1 Å². The van der Waals surface area contributed by atoms with Crippen molar-refractivity contribution in [3.05, 3.63) is 61.6 Å². The number of imide groups is 1. The molecule has 4 aliphatic rings. The summed E-state index contributed by atoms with van der Waals surface area (Å²) in [5, 5.41) is 14.5. The van der Waals surface area contributed by atoms with Gasteiger partial charge in [0.2, 0.25) is 17.7 Å². The number of carbonyl (C=O) groups is 3. The Labute approximate surface area is 203 Å². The second-order valence-corrected chi connectivity index (χ2v) is 9.94. The summed E-state index contributed by atoms with van der Waals surface area (Å²) in [4.78, 5) is 54.9. The Bertz CT molecular complexity index is 1350. The molecule has 9 nitrogen and oxygen atoms in total. The fourth-order valence-corrected chi connectivity index (χ4v) is 6.84. The van der Waals surface area contributed by atoms with Crippen molar-refractivity contribution >= 4 is 58.0 Å². The van der Waals surface area contributed by atoms with E-state index in [1.807, 2.05) is 4.90 Å². The molecule has 3 amide bonds. The van der Waals surface area contributed by atoms with E-state index in [-0.39, 0.29) is 28.3 Å². The van der Waals surface area contributed by atoms with Gasteiger partial charge in [-0.2, -0.15) is 0 Å². The molecular weight excluding hydrogens is 483 g/mol. The summed E-state index contributed by atoms with van der Waals surface area (Å²) >= 11 is 12.6. The molecule has 4 heterocycles. The monoisotopic (exact) mass is 500 g/mol. The molecule has 0 radical (unpaired) electrons. The van der Waals surface area contributed by atoms with Crippen LogP contribution in [0.2, 0.25) is 10.0 Å². The molecule has 1 spiro atoms. The van der Waals surface area contributed by atoms with Gasteiger partial charge in [0.05, 0.1) is 33.2 Å². The summed E-state index contributed by atoms with van der Waals surface area (Å²) in [6, 6.07) is 6.82. The molecule has 1 N–H and O–H groups in total. The first-order chi connectivity index (χ1) is 16.2. The lowest BCUT2D eigenvalue weighted by molar-refractivity contribution is -0.384. The highest BCUT2D eigenvalue weighted by atomic mass is 35.5. The summed E-state index contributed by atoms with van der Waals surface area (Å²) < 4.78 is 0. The number of benzene rings is 2. The second-order valence-electron chi connectivity index (χ2n) is 9.13. The maximum atomic E-state index is 13.9. The Morgan fingerprint density at radius 1 is 1.12 bits per heavy atom. The predicted octanol–water partition coefficient (Wildman–Crippen LogP) is 3.64. The summed E-state index contributed by atoms with van der Waals surface area (Å²) in [6.45, 7) is 2.39. The van der Waals surface area contributed by atoms with Crippen molar-refractivity contribution in [3.8, 4) is 0 Å². The minimum Gasteiger partial charge on any atom is -0.324 e. The Hall–Kier alpha value is -3.01. The van der Waals surface area contributed by atoms with E-state index < -0.39 is 34.1 Å². The molecule has 3 saturated heterocycles. The average Bonchev–Trinajstić information content (AvgIpc) is 3.50. The summed E-state index contributed by atoms with van der Waals surface area (Å²) in [5.41, 5.74) is 0.443. The van der Waals surface area contributed by atoms with Gasteiger partial charge in [0, 0.05) is 28.8 Å². The van der Waals surface area contributed by atoms with Crippen LogP contribution in [-0.4, -0.2) is 40.1 Å². The minimum absolute atomic E-state index is 0.0768. The number of hydrogen-bond donors (Lipinski definition) is 1. The van der Waals surface area contributed by atoms with Crippen LogP contribution in [0.4, 0.5) is 17.1 Å². The third-order valence-corrected chi connectivity index (χ3v) is 8.46. The molecule has 0 bridgehead atoms. The number of nitrogens with one attached hydrogen (secondary N) is 1. The highest BCUT2D eigenvalue weighted by Gasteiger charge is 2.74. The van der Waals surface area contributed by atoms with Crippen LogP contribution in [0.15, 0.2) is 30.3 Å². The van der Waals surface area contributed by atoms with E-state index in [0.29, 0.717) is 34.8 Å². The van der Waals surface area contributed by atoms with E-state index in [9.17, 15) is 24.5 Å². The van der Waals surface area contributed by atoms with Crippen LogP contribution in [0.5, 0.6) is 0 Å². The van der Waals surface area contributed by atoms with E-state index >= 15 is 0 Å². The largest absolute Gasteiger partial charge is 0.324 e. The van der Waals surface area contributed by atoms with Crippen LogP contribution in [-0.2, 0) is 19.9 Å². The van der Waals surface area contributed by atoms with Crippen LogP contribution in [0, 0.1) is 28.9 Å². The van der Waals surface area contributed by atoms with Gasteiger partial charge in [-0.05, 0) is 44.0 Å². The fraction of sp³-hybridized carbons (Fsp3) is 0.348. The lowest BCUT2D eigenvalue weighted by Gasteiger charge is -2.36. The van der Waals surface area contributed by atoms with Gasteiger partial charge in [0.15, 0.2) is 0 Å². The summed E-state index contributed by atoms with van der Waals surface area (Å²) in [5.74, 6) is -2.99. The van der Waals surface area contributed by atoms with Gasteiger partial charge in [-0.15, -0.1) is 0 Å². The smallest absolute Gasteiger partial charge is 0.271 e. The number of non-ortho nitro benzene ring substituents is 1. The zero-order valence-corrected chi connectivity index (χ0v) is 19.4. The third-order valence-electron chi connectivity index (χ3n) is 7.75. The summed E-state index contributed by atoms with van der Waals surface area (Å²) in [7, 11) is 0. The molecule has 3 fully saturated rings. The highest BCUT2D eigenvalue weighted by Crippen LogP contribution is 2.61. The van der Waals surface area contributed by atoms with Gasteiger partial charge in [0.25, 0.3) is 5.69 Å². The molecule has 0 saturated carbocycles. The Balaban J connectivity index is 1.54. The van der Waals surface area contributed by atoms with Crippen molar-refractivity contribution in [2.45, 2.75) is 31.3 Å². The molecule has 34 heavy (non-hydrogen) atoms. The number of amides is 3. The Morgan fingerprint density at radius 3 is 2.59 bits per heavy atom. The second kappa shape index (κ2) is 7.00. The molecule has 4 atom stereocenters. The number of anilines is 2. The molecule has 2 aromatic rings. The van der Waals surface area contributed by atoms with Gasteiger partial charge in [-0.1, -0.05) is 29.3 Å². The summed E-state index contributed by atoms with van der Waals surface area (Å²) in [6.07, 6.45) is 1.48. The van der Waals surface area contributed by atoms with Crippen molar-refractivity contribution in [2.75, 3.05) is 16.8 Å². The van der Waals surface area contributed by atoms with Gasteiger partial charge < -0.3 is 5.32 Å². The lowest BCUT2D eigenvalue weighted by Crippen LogP contribution is -2.54. The van der Waals surface area contributed by atoms with Crippen LogP contribution in [0.1, 0.15) is 24.0 Å². The maximum absolute atomic E-state index is 13.9. The number of hydrogen-bond acceptors (Lipinski definition) is 6. The Morgan fingerprint density at radius 2 is 1.88 bits per heavy atom. The van der Waals surface area contributed by atoms with Crippen molar-refractivity contribution < 1.29 is 19.3 Å². The van der Waals surface area contributed by atoms with Crippen molar-refractivity contribution in [1.82, 2.24) is 4.90 Å². The molecule has 0 aliphatic carbocycles. The normalized spacial score (nSPS) is 29.6.